The number of anilines is 1. The van der Waals surface area contributed by atoms with Gasteiger partial charge < -0.3 is 4.90 Å². The summed E-state index contributed by atoms with van der Waals surface area (Å²) >= 11 is 0. The molecule has 2 aromatic carbocycles. The molecule has 27 heavy (non-hydrogen) atoms. The maximum absolute atomic E-state index is 13.3. The van der Waals surface area contributed by atoms with Crippen molar-refractivity contribution in [1.82, 2.24) is 4.31 Å². The van der Waals surface area contributed by atoms with E-state index < -0.39 is 33.4 Å². The van der Waals surface area contributed by atoms with Gasteiger partial charge in [-0.15, -0.1) is 0 Å². The van der Waals surface area contributed by atoms with Crippen LogP contribution < -0.4 is 4.90 Å². The lowest BCUT2D eigenvalue weighted by Crippen LogP contribution is -2.48. The highest BCUT2D eigenvalue weighted by Gasteiger charge is 2.32. The van der Waals surface area contributed by atoms with Gasteiger partial charge in [-0.25, -0.2) is 17.2 Å². The van der Waals surface area contributed by atoms with E-state index >= 15 is 0 Å². The normalized spacial score (nSPS) is 16.6. The first-order valence-corrected chi connectivity index (χ1v) is 9.40. The first kappa shape index (κ1) is 19.6. The fraction of sp³-hybridized carbons (Fsp3) is 0.294. The quantitative estimate of drug-likeness (QED) is 0.733. The number of alkyl halides is 3. The highest BCUT2D eigenvalue weighted by Crippen LogP contribution is 2.32. The van der Waals surface area contributed by atoms with Gasteiger partial charge in [-0.2, -0.15) is 17.5 Å². The maximum Gasteiger partial charge on any atom is 0.416 e. The molecule has 0 saturated carbocycles. The van der Waals surface area contributed by atoms with Crippen LogP contribution >= 0.6 is 0 Å². The van der Waals surface area contributed by atoms with Gasteiger partial charge in [0, 0.05) is 31.9 Å². The van der Waals surface area contributed by atoms with Crippen molar-refractivity contribution < 1.29 is 30.4 Å². The van der Waals surface area contributed by atoms with E-state index in [2.05, 4.69) is 0 Å². The molecule has 1 aliphatic rings. The summed E-state index contributed by atoms with van der Waals surface area (Å²) < 4.78 is 91.1. The van der Waals surface area contributed by atoms with Crippen LogP contribution in [0.5, 0.6) is 0 Å². The number of nitrogens with zero attached hydrogens (tertiary/aromatic N) is 2. The average Bonchev–Trinajstić information content (AvgIpc) is 2.63. The van der Waals surface area contributed by atoms with Crippen LogP contribution in [0.15, 0.2) is 47.4 Å². The molecule has 0 unspecified atom stereocenters. The van der Waals surface area contributed by atoms with Crippen LogP contribution in [0, 0.1) is 11.6 Å². The number of rotatable bonds is 3. The molecule has 1 saturated heterocycles. The largest absolute Gasteiger partial charge is 0.416 e. The zero-order valence-electron chi connectivity index (χ0n) is 13.9. The summed E-state index contributed by atoms with van der Waals surface area (Å²) in [7, 11) is -4.02. The van der Waals surface area contributed by atoms with Gasteiger partial charge >= 0.3 is 6.18 Å². The number of hydrogen-bond donors (Lipinski definition) is 0. The Morgan fingerprint density at radius 2 is 1.52 bits per heavy atom. The molecule has 0 amide bonds. The molecule has 0 atom stereocenters. The number of hydrogen-bond acceptors (Lipinski definition) is 3. The Morgan fingerprint density at radius 3 is 2.11 bits per heavy atom. The zero-order valence-corrected chi connectivity index (χ0v) is 14.7. The molecule has 1 aliphatic heterocycles. The Bertz CT molecular complexity index is 939. The van der Waals surface area contributed by atoms with E-state index in [-0.39, 0.29) is 31.1 Å². The van der Waals surface area contributed by atoms with E-state index in [1.165, 1.54) is 12.1 Å². The Balaban J connectivity index is 1.74. The number of halogens is 5. The summed E-state index contributed by atoms with van der Waals surface area (Å²) in [5.74, 6) is -2.41. The molecule has 4 nitrogen and oxygen atoms in total. The second-order valence-electron chi connectivity index (χ2n) is 6.02. The molecule has 0 N–H and O–H groups in total. The lowest BCUT2D eigenvalue weighted by Gasteiger charge is -2.35. The first-order chi connectivity index (χ1) is 12.6. The van der Waals surface area contributed by atoms with Crippen molar-refractivity contribution in [2.75, 3.05) is 31.1 Å². The third-order valence-electron chi connectivity index (χ3n) is 4.31. The van der Waals surface area contributed by atoms with Crippen molar-refractivity contribution in [2.45, 2.75) is 11.1 Å². The van der Waals surface area contributed by atoms with Crippen molar-refractivity contribution in [1.29, 1.82) is 0 Å². The third-order valence-corrected chi connectivity index (χ3v) is 6.20. The monoisotopic (exact) mass is 406 g/mol. The molecular weight excluding hydrogens is 391 g/mol. The zero-order chi connectivity index (χ0) is 19.8. The van der Waals surface area contributed by atoms with Crippen LogP contribution in [0.4, 0.5) is 27.6 Å². The standard InChI is InChI=1S/C17H15F5N2O2S/c18-15-5-4-14(11-16(15)19)27(25,26)24-8-6-23(7-9-24)13-3-1-2-12(10-13)17(20,21)22/h1-5,10-11H,6-9H2. The summed E-state index contributed by atoms with van der Waals surface area (Å²) in [5.41, 5.74) is -0.438. The van der Waals surface area contributed by atoms with E-state index in [1.54, 1.807) is 4.90 Å². The van der Waals surface area contributed by atoms with E-state index in [1.807, 2.05) is 0 Å². The van der Waals surface area contributed by atoms with Crippen LogP contribution in [0.1, 0.15) is 5.56 Å². The molecule has 146 valence electrons. The van der Waals surface area contributed by atoms with Gasteiger partial charge in [0.1, 0.15) is 0 Å². The van der Waals surface area contributed by atoms with E-state index in [4.69, 9.17) is 0 Å². The van der Waals surface area contributed by atoms with E-state index in [0.717, 1.165) is 28.6 Å². The lowest BCUT2D eigenvalue weighted by molar-refractivity contribution is -0.137. The summed E-state index contributed by atoms with van der Waals surface area (Å²) in [4.78, 5) is 1.28. The number of piperazine rings is 1. The molecule has 0 bridgehead atoms. The van der Waals surface area contributed by atoms with Crippen LogP contribution in [-0.2, 0) is 16.2 Å². The second-order valence-corrected chi connectivity index (χ2v) is 7.95. The maximum atomic E-state index is 13.3. The highest BCUT2D eigenvalue weighted by atomic mass is 32.2. The molecule has 2 aromatic rings. The Labute approximate surface area is 152 Å². The van der Waals surface area contributed by atoms with Gasteiger partial charge in [0.15, 0.2) is 11.6 Å². The number of benzene rings is 2. The topological polar surface area (TPSA) is 40.6 Å². The Kier molecular flexibility index (Phi) is 5.13. The highest BCUT2D eigenvalue weighted by molar-refractivity contribution is 7.89. The minimum absolute atomic E-state index is 0.0115. The molecule has 0 radical (unpaired) electrons. The molecule has 0 spiro atoms. The molecule has 1 fully saturated rings. The average molecular weight is 406 g/mol. The number of sulfonamides is 1. The van der Waals surface area contributed by atoms with Crippen molar-refractivity contribution in [3.63, 3.8) is 0 Å². The predicted octanol–water partition coefficient (Wildman–Crippen LogP) is 3.49. The van der Waals surface area contributed by atoms with Gasteiger partial charge in [-0.1, -0.05) is 6.07 Å². The van der Waals surface area contributed by atoms with Gasteiger partial charge in [-0.3, -0.25) is 0 Å². The molecular formula is C17H15F5N2O2S. The van der Waals surface area contributed by atoms with Crippen LogP contribution in [0.3, 0.4) is 0 Å². The summed E-state index contributed by atoms with van der Waals surface area (Å²) in [6.07, 6.45) is -4.46. The Hall–Kier alpha value is -2.20. The van der Waals surface area contributed by atoms with Gasteiger partial charge in [0.2, 0.25) is 10.0 Å². The van der Waals surface area contributed by atoms with Gasteiger partial charge in [0.25, 0.3) is 0 Å². The smallest absolute Gasteiger partial charge is 0.369 e. The van der Waals surface area contributed by atoms with Gasteiger partial charge in [0.05, 0.1) is 10.5 Å². The van der Waals surface area contributed by atoms with Crippen molar-refractivity contribution in [3.05, 3.63) is 59.7 Å². The summed E-state index contributed by atoms with van der Waals surface area (Å²) in [5, 5.41) is 0. The Morgan fingerprint density at radius 1 is 0.852 bits per heavy atom. The van der Waals surface area contributed by atoms with Crippen molar-refractivity contribution in [2.24, 2.45) is 0 Å². The van der Waals surface area contributed by atoms with Crippen molar-refractivity contribution in [3.8, 4) is 0 Å². The third kappa shape index (κ3) is 4.06. The lowest BCUT2D eigenvalue weighted by atomic mass is 10.1. The van der Waals surface area contributed by atoms with Crippen LogP contribution in [0.2, 0.25) is 0 Å². The first-order valence-electron chi connectivity index (χ1n) is 7.96. The molecule has 0 aromatic heterocycles. The summed E-state index contributed by atoms with van der Waals surface area (Å²) in [6, 6.07) is 7.13. The minimum atomic E-state index is -4.46. The second kappa shape index (κ2) is 7.08. The molecule has 3 rings (SSSR count). The fourth-order valence-corrected chi connectivity index (χ4v) is 4.29. The minimum Gasteiger partial charge on any atom is -0.369 e. The van der Waals surface area contributed by atoms with Crippen molar-refractivity contribution >= 4 is 15.7 Å². The fourth-order valence-electron chi connectivity index (χ4n) is 2.85. The predicted molar refractivity (Wildman–Crippen MR) is 88.8 cm³/mol. The molecule has 0 aliphatic carbocycles. The van der Waals surface area contributed by atoms with E-state index in [9.17, 15) is 30.4 Å². The summed E-state index contributed by atoms with van der Waals surface area (Å²) in [6.45, 7) is 0.365. The molecule has 1 heterocycles. The SMILES string of the molecule is O=S(=O)(c1ccc(F)c(F)c1)N1CCN(c2cccc(C(F)(F)F)c2)CC1. The molecule has 10 heteroatoms. The van der Waals surface area contributed by atoms with Gasteiger partial charge in [-0.05, 0) is 36.4 Å². The van der Waals surface area contributed by atoms with Crippen LogP contribution in [-0.4, -0.2) is 38.9 Å². The van der Waals surface area contributed by atoms with E-state index in [0.29, 0.717) is 11.8 Å². The van der Waals surface area contributed by atoms with Crippen LogP contribution in [0.25, 0.3) is 0 Å².